The molecule has 1 heterocycles. The van der Waals surface area contributed by atoms with Crippen molar-refractivity contribution in [3.8, 4) is 0 Å². The molecule has 0 saturated heterocycles. The van der Waals surface area contributed by atoms with Gasteiger partial charge in [0.2, 0.25) is 0 Å². The molecule has 2 heteroatoms. The lowest BCUT2D eigenvalue weighted by atomic mass is 9.77. The van der Waals surface area contributed by atoms with Crippen LogP contribution in [0.15, 0.2) is 29.2 Å². The second-order valence-electron chi connectivity index (χ2n) is 4.79. The van der Waals surface area contributed by atoms with Crippen molar-refractivity contribution >= 4 is 11.8 Å². The molecule has 1 aromatic rings. The number of benzene rings is 1. The molecular weight excluding hydrogens is 202 g/mol. The summed E-state index contributed by atoms with van der Waals surface area (Å²) in [5.41, 5.74) is 7.54. The van der Waals surface area contributed by atoms with Gasteiger partial charge >= 0.3 is 0 Å². The summed E-state index contributed by atoms with van der Waals surface area (Å²) in [7, 11) is 0. The Kier molecular flexibility index (Phi) is 2.49. The Hall–Kier alpha value is -0.470. The summed E-state index contributed by atoms with van der Waals surface area (Å²) in [6.45, 7) is 0. The van der Waals surface area contributed by atoms with E-state index in [1.54, 1.807) is 5.56 Å². The lowest BCUT2D eigenvalue weighted by Crippen LogP contribution is -2.40. The van der Waals surface area contributed by atoms with Gasteiger partial charge in [0.25, 0.3) is 0 Å². The number of thioether (sulfide) groups is 1. The SMILES string of the molecule is NC1CCC1CC1Cc2ccccc2S1. The third-order valence-electron chi connectivity index (χ3n) is 3.76. The van der Waals surface area contributed by atoms with Crippen LogP contribution in [0.4, 0.5) is 0 Å². The predicted molar refractivity (Wildman–Crippen MR) is 65.1 cm³/mol. The lowest BCUT2D eigenvalue weighted by molar-refractivity contribution is 0.240. The van der Waals surface area contributed by atoms with Crippen LogP contribution in [0.25, 0.3) is 0 Å². The first-order valence-corrected chi connectivity index (χ1v) is 6.71. The molecule has 0 aromatic heterocycles. The average molecular weight is 219 g/mol. The van der Waals surface area contributed by atoms with Crippen LogP contribution in [0, 0.1) is 5.92 Å². The Labute approximate surface area is 95.4 Å². The number of hydrogen-bond donors (Lipinski definition) is 1. The third-order valence-corrected chi connectivity index (χ3v) is 5.10. The van der Waals surface area contributed by atoms with E-state index in [2.05, 4.69) is 36.0 Å². The first-order chi connectivity index (χ1) is 7.33. The summed E-state index contributed by atoms with van der Waals surface area (Å²) in [6, 6.07) is 9.30. The molecule has 0 radical (unpaired) electrons. The van der Waals surface area contributed by atoms with Crippen molar-refractivity contribution in [2.45, 2.75) is 41.9 Å². The molecular formula is C13H17NS. The summed E-state index contributed by atoms with van der Waals surface area (Å²) in [6.07, 6.45) is 5.17. The zero-order valence-corrected chi connectivity index (χ0v) is 9.67. The molecule has 1 nitrogen and oxygen atoms in total. The van der Waals surface area contributed by atoms with Crippen LogP contribution in [-0.4, -0.2) is 11.3 Å². The Morgan fingerprint density at radius 3 is 2.80 bits per heavy atom. The van der Waals surface area contributed by atoms with Gasteiger partial charge in [-0.2, -0.15) is 0 Å². The molecule has 0 spiro atoms. The fourth-order valence-electron chi connectivity index (χ4n) is 2.61. The number of nitrogens with two attached hydrogens (primary N) is 1. The second-order valence-corrected chi connectivity index (χ2v) is 6.13. The highest BCUT2D eigenvalue weighted by Gasteiger charge is 2.32. The first kappa shape index (κ1) is 9.73. The van der Waals surface area contributed by atoms with Gasteiger partial charge in [-0.3, -0.25) is 0 Å². The van der Waals surface area contributed by atoms with Crippen LogP contribution < -0.4 is 5.73 Å². The lowest BCUT2D eigenvalue weighted by Gasteiger charge is -2.35. The van der Waals surface area contributed by atoms with Crippen molar-refractivity contribution in [3.05, 3.63) is 29.8 Å². The number of rotatable bonds is 2. The summed E-state index contributed by atoms with van der Waals surface area (Å²) in [4.78, 5) is 1.50. The predicted octanol–water partition coefficient (Wildman–Crippen LogP) is 2.83. The molecule has 0 bridgehead atoms. The Balaban J connectivity index is 1.64. The van der Waals surface area contributed by atoms with E-state index >= 15 is 0 Å². The van der Waals surface area contributed by atoms with Crippen molar-refractivity contribution in [2.75, 3.05) is 0 Å². The summed E-state index contributed by atoms with van der Waals surface area (Å²) < 4.78 is 0. The average Bonchev–Trinajstić information content (AvgIpc) is 2.66. The fraction of sp³-hybridized carbons (Fsp3) is 0.538. The molecule has 1 aliphatic heterocycles. The van der Waals surface area contributed by atoms with Gasteiger partial charge in [-0.05, 0) is 43.2 Å². The maximum Gasteiger partial charge on any atom is 0.0138 e. The van der Waals surface area contributed by atoms with Crippen molar-refractivity contribution in [1.29, 1.82) is 0 Å². The van der Waals surface area contributed by atoms with E-state index in [0.717, 1.165) is 11.2 Å². The van der Waals surface area contributed by atoms with E-state index in [0.29, 0.717) is 6.04 Å². The topological polar surface area (TPSA) is 26.0 Å². The molecule has 80 valence electrons. The largest absolute Gasteiger partial charge is 0.327 e. The maximum atomic E-state index is 6.00. The molecule has 1 fully saturated rings. The molecule has 2 aliphatic rings. The van der Waals surface area contributed by atoms with Crippen molar-refractivity contribution in [2.24, 2.45) is 11.7 Å². The van der Waals surface area contributed by atoms with Crippen LogP contribution in [0.2, 0.25) is 0 Å². The molecule has 1 aliphatic carbocycles. The molecule has 15 heavy (non-hydrogen) atoms. The normalized spacial score (nSPS) is 33.5. The van der Waals surface area contributed by atoms with Crippen molar-refractivity contribution in [3.63, 3.8) is 0 Å². The Morgan fingerprint density at radius 2 is 2.13 bits per heavy atom. The van der Waals surface area contributed by atoms with Gasteiger partial charge in [0.15, 0.2) is 0 Å². The summed E-state index contributed by atoms with van der Waals surface area (Å²) >= 11 is 2.06. The Bertz CT molecular complexity index is 338. The maximum absolute atomic E-state index is 6.00. The van der Waals surface area contributed by atoms with Crippen LogP contribution in [0.1, 0.15) is 24.8 Å². The highest BCUT2D eigenvalue weighted by atomic mass is 32.2. The molecule has 1 saturated carbocycles. The third kappa shape index (κ3) is 1.81. The molecule has 3 atom stereocenters. The Morgan fingerprint density at radius 1 is 1.27 bits per heavy atom. The van der Waals surface area contributed by atoms with Gasteiger partial charge in [-0.25, -0.2) is 0 Å². The molecule has 3 rings (SSSR count). The quantitative estimate of drug-likeness (QED) is 0.827. The molecule has 1 aromatic carbocycles. The second kappa shape index (κ2) is 3.84. The van der Waals surface area contributed by atoms with Gasteiger partial charge in [-0.15, -0.1) is 11.8 Å². The molecule has 0 amide bonds. The van der Waals surface area contributed by atoms with Crippen LogP contribution in [0.3, 0.4) is 0 Å². The van der Waals surface area contributed by atoms with Crippen LogP contribution in [-0.2, 0) is 6.42 Å². The van der Waals surface area contributed by atoms with Crippen molar-refractivity contribution in [1.82, 2.24) is 0 Å². The minimum atomic E-state index is 0.495. The van der Waals surface area contributed by atoms with Gasteiger partial charge in [-0.1, -0.05) is 18.2 Å². The van der Waals surface area contributed by atoms with Crippen LogP contribution in [0.5, 0.6) is 0 Å². The van der Waals surface area contributed by atoms with Gasteiger partial charge < -0.3 is 5.73 Å². The molecule has 3 unspecified atom stereocenters. The zero-order chi connectivity index (χ0) is 10.3. The minimum Gasteiger partial charge on any atom is -0.327 e. The highest BCUT2D eigenvalue weighted by Crippen LogP contribution is 2.42. The van der Waals surface area contributed by atoms with Crippen molar-refractivity contribution < 1.29 is 0 Å². The first-order valence-electron chi connectivity index (χ1n) is 5.83. The smallest absolute Gasteiger partial charge is 0.0138 e. The fourth-order valence-corrected chi connectivity index (χ4v) is 4.04. The monoisotopic (exact) mass is 219 g/mol. The van der Waals surface area contributed by atoms with E-state index in [1.807, 2.05) is 0 Å². The number of hydrogen-bond acceptors (Lipinski definition) is 2. The standard InChI is InChI=1S/C13H17NS/c14-12-6-5-9(12)7-11-8-10-3-1-2-4-13(10)15-11/h1-4,9,11-12H,5-8,14H2. The van der Waals surface area contributed by atoms with Gasteiger partial charge in [0, 0.05) is 16.2 Å². The number of fused-ring (bicyclic) bond motifs is 1. The minimum absolute atomic E-state index is 0.495. The van der Waals surface area contributed by atoms with Gasteiger partial charge in [0.1, 0.15) is 0 Å². The summed E-state index contributed by atoms with van der Waals surface area (Å²) in [5.74, 6) is 0.803. The summed E-state index contributed by atoms with van der Waals surface area (Å²) in [5, 5.41) is 0.791. The van der Waals surface area contributed by atoms with E-state index in [1.165, 1.54) is 30.6 Å². The van der Waals surface area contributed by atoms with E-state index < -0.39 is 0 Å². The van der Waals surface area contributed by atoms with E-state index in [9.17, 15) is 0 Å². The van der Waals surface area contributed by atoms with Crippen LogP contribution >= 0.6 is 11.8 Å². The van der Waals surface area contributed by atoms with E-state index in [-0.39, 0.29) is 0 Å². The van der Waals surface area contributed by atoms with Gasteiger partial charge in [0.05, 0.1) is 0 Å². The molecule has 2 N–H and O–H groups in total. The zero-order valence-electron chi connectivity index (χ0n) is 8.86. The van der Waals surface area contributed by atoms with E-state index in [4.69, 9.17) is 5.73 Å². The highest BCUT2D eigenvalue weighted by molar-refractivity contribution is 8.00.